The molecule has 0 spiro atoms. The molecule has 0 aliphatic rings. The SMILES string of the molecule is CC[C@H](C)c1nc2ccc(Br)cc2c(=O)n1N=Cc1ccc(OCC(=O)Nc2ccccc2)cc1. The van der Waals surface area contributed by atoms with E-state index in [9.17, 15) is 9.59 Å². The van der Waals surface area contributed by atoms with Crippen LogP contribution in [0, 0.1) is 0 Å². The van der Waals surface area contributed by atoms with Crippen molar-refractivity contribution in [1.29, 1.82) is 0 Å². The summed E-state index contributed by atoms with van der Waals surface area (Å²) in [5.74, 6) is 0.993. The van der Waals surface area contributed by atoms with E-state index in [1.165, 1.54) is 4.68 Å². The fourth-order valence-electron chi connectivity index (χ4n) is 3.42. The molecule has 178 valence electrons. The number of fused-ring (bicyclic) bond motifs is 1. The van der Waals surface area contributed by atoms with Gasteiger partial charge in [-0.3, -0.25) is 9.59 Å². The molecule has 0 unspecified atom stereocenters. The van der Waals surface area contributed by atoms with E-state index in [0.29, 0.717) is 22.5 Å². The van der Waals surface area contributed by atoms with Gasteiger partial charge in [0.25, 0.3) is 11.5 Å². The molecule has 8 heteroatoms. The number of ether oxygens (including phenoxy) is 1. The van der Waals surface area contributed by atoms with Gasteiger partial charge in [-0.2, -0.15) is 9.78 Å². The normalized spacial score (nSPS) is 12.1. The van der Waals surface area contributed by atoms with Crippen LogP contribution in [-0.4, -0.2) is 28.4 Å². The lowest BCUT2D eigenvalue weighted by atomic mass is 10.1. The number of anilines is 1. The van der Waals surface area contributed by atoms with Gasteiger partial charge in [-0.05, 0) is 66.6 Å². The Morgan fingerprint density at radius 1 is 1.14 bits per heavy atom. The van der Waals surface area contributed by atoms with E-state index >= 15 is 0 Å². The van der Waals surface area contributed by atoms with Crippen molar-refractivity contribution in [2.75, 3.05) is 11.9 Å². The molecule has 1 aromatic heterocycles. The highest BCUT2D eigenvalue weighted by Crippen LogP contribution is 2.21. The zero-order valence-electron chi connectivity index (χ0n) is 19.4. The van der Waals surface area contributed by atoms with Crippen molar-refractivity contribution in [2.24, 2.45) is 5.10 Å². The lowest BCUT2D eigenvalue weighted by Gasteiger charge is -2.14. The van der Waals surface area contributed by atoms with Gasteiger partial charge in [0.05, 0.1) is 17.1 Å². The van der Waals surface area contributed by atoms with Crippen molar-refractivity contribution in [2.45, 2.75) is 26.2 Å². The van der Waals surface area contributed by atoms with Gasteiger partial charge in [0.1, 0.15) is 11.6 Å². The molecule has 4 rings (SSSR count). The summed E-state index contributed by atoms with van der Waals surface area (Å²) >= 11 is 3.42. The maximum absolute atomic E-state index is 13.2. The number of hydrogen-bond acceptors (Lipinski definition) is 5. The first-order chi connectivity index (χ1) is 16.9. The number of carbonyl (C=O) groups is 1. The summed E-state index contributed by atoms with van der Waals surface area (Å²) in [7, 11) is 0. The van der Waals surface area contributed by atoms with Gasteiger partial charge in [-0.15, -0.1) is 0 Å². The van der Waals surface area contributed by atoms with Crippen LogP contribution < -0.4 is 15.6 Å². The van der Waals surface area contributed by atoms with Gasteiger partial charge >= 0.3 is 0 Å². The first-order valence-electron chi connectivity index (χ1n) is 11.3. The Bertz CT molecular complexity index is 1420. The maximum atomic E-state index is 13.2. The predicted molar refractivity (Wildman–Crippen MR) is 142 cm³/mol. The summed E-state index contributed by atoms with van der Waals surface area (Å²) in [6, 6.07) is 21.8. The van der Waals surface area contributed by atoms with Gasteiger partial charge in [0.2, 0.25) is 0 Å². The molecular formula is C27H25BrN4O3. The molecule has 3 aromatic carbocycles. The molecule has 0 aliphatic heterocycles. The number of carbonyl (C=O) groups excluding carboxylic acids is 1. The number of nitrogens with zero attached hydrogens (tertiary/aromatic N) is 3. The molecule has 1 atom stereocenters. The standard InChI is InChI=1S/C27H25BrN4O3/c1-3-18(2)26-31-24-14-11-20(28)15-23(24)27(34)32(26)29-16-19-9-12-22(13-10-19)35-17-25(33)30-21-7-5-4-6-8-21/h4-16,18H,3,17H2,1-2H3,(H,30,33)/t18-/m0/s1. The first kappa shape index (κ1) is 24.3. The molecule has 1 amide bonds. The third-order valence-corrected chi connectivity index (χ3v) is 6.01. The highest BCUT2D eigenvalue weighted by atomic mass is 79.9. The van der Waals surface area contributed by atoms with Crippen LogP contribution in [0.2, 0.25) is 0 Å². The molecule has 35 heavy (non-hydrogen) atoms. The zero-order chi connectivity index (χ0) is 24.8. The summed E-state index contributed by atoms with van der Waals surface area (Å²) < 4.78 is 7.76. The Kier molecular flexibility index (Phi) is 7.72. The van der Waals surface area contributed by atoms with E-state index in [4.69, 9.17) is 9.72 Å². The summed E-state index contributed by atoms with van der Waals surface area (Å²) in [4.78, 5) is 30.0. The number of halogens is 1. The number of amides is 1. The molecule has 1 heterocycles. The smallest absolute Gasteiger partial charge is 0.282 e. The zero-order valence-corrected chi connectivity index (χ0v) is 21.0. The van der Waals surface area contributed by atoms with E-state index in [1.54, 1.807) is 24.4 Å². The Balaban J connectivity index is 1.49. The van der Waals surface area contributed by atoms with Crippen LogP contribution in [0.1, 0.15) is 37.6 Å². The molecule has 0 saturated heterocycles. The summed E-state index contributed by atoms with van der Waals surface area (Å²) in [6.45, 7) is 3.97. The third-order valence-electron chi connectivity index (χ3n) is 5.52. The first-order valence-corrected chi connectivity index (χ1v) is 12.1. The second-order valence-electron chi connectivity index (χ2n) is 8.07. The number of benzene rings is 3. The van der Waals surface area contributed by atoms with E-state index in [0.717, 1.165) is 22.1 Å². The number of rotatable bonds is 8. The minimum absolute atomic E-state index is 0.0608. The Labute approximate surface area is 211 Å². The largest absolute Gasteiger partial charge is 0.484 e. The number of hydrogen-bond donors (Lipinski definition) is 1. The Hall–Kier alpha value is -3.78. The highest BCUT2D eigenvalue weighted by Gasteiger charge is 2.15. The summed E-state index contributed by atoms with van der Waals surface area (Å²) in [5.41, 5.74) is 1.93. The molecular weight excluding hydrogens is 508 g/mol. The van der Waals surface area contributed by atoms with E-state index in [-0.39, 0.29) is 24.0 Å². The second kappa shape index (κ2) is 11.1. The fraction of sp³-hybridized carbons (Fsp3) is 0.185. The predicted octanol–water partition coefficient (Wildman–Crippen LogP) is 5.57. The lowest BCUT2D eigenvalue weighted by molar-refractivity contribution is -0.118. The quantitative estimate of drug-likeness (QED) is 0.300. The van der Waals surface area contributed by atoms with Crippen LogP contribution in [-0.2, 0) is 4.79 Å². The monoisotopic (exact) mass is 532 g/mol. The molecule has 0 fully saturated rings. The van der Waals surface area contributed by atoms with Gasteiger partial charge < -0.3 is 10.1 Å². The summed E-state index contributed by atoms with van der Waals surface area (Å²) in [6.07, 6.45) is 2.44. The van der Waals surface area contributed by atoms with Crippen LogP contribution in [0.5, 0.6) is 5.75 Å². The van der Waals surface area contributed by atoms with E-state index in [1.807, 2.05) is 61.5 Å². The highest BCUT2D eigenvalue weighted by molar-refractivity contribution is 9.10. The van der Waals surface area contributed by atoms with Gasteiger partial charge in [-0.1, -0.05) is 48.0 Å². The molecule has 7 nitrogen and oxygen atoms in total. The fourth-order valence-corrected chi connectivity index (χ4v) is 3.78. The number of nitrogens with one attached hydrogen (secondary N) is 1. The Morgan fingerprint density at radius 2 is 1.89 bits per heavy atom. The number of para-hydroxylation sites is 1. The number of aromatic nitrogens is 2. The minimum Gasteiger partial charge on any atom is -0.484 e. The van der Waals surface area contributed by atoms with E-state index in [2.05, 4.69) is 33.3 Å². The van der Waals surface area contributed by atoms with Crippen LogP contribution in [0.15, 0.2) is 87.2 Å². The lowest BCUT2D eigenvalue weighted by Crippen LogP contribution is -2.23. The van der Waals surface area contributed by atoms with E-state index < -0.39 is 0 Å². The molecule has 0 aliphatic carbocycles. The van der Waals surface area contributed by atoms with Crippen molar-refractivity contribution in [3.05, 3.63) is 99.0 Å². The molecule has 0 radical (unpaired) electrons. The van der Waals surface area contributed by atoms with Crippen molar-refractivity contribution in [3.63, 3.8) is 0 Å². The second-order valence-corrected chi connectivity index (χ2v) is 8.99. The minimum atomic E-state index is -0.241. The van der Waals surface area contributed by atoms with Gasteiger partial charge in [-0.25, -0.2) is 4.98 Å². The maximum Gasteiger partial charge on any atom is 0.282 e. The van der Waals surface area contributed by atoms with Crippen molar-refractivity contribution in [1.82, 2.24) is 9.66 Å². The summed E-state index contributed by atoms with van der Waals surface area (Å²) in [5, 5.41) is 7.75. The third kappa shape index (κ3) is 6.02. The van der Waals surface area contributed by atoms with Gasteiger partial charge in [0, 0.05) is 16.1 Å². The molecule has 0 bridgehead atoms. The topological polar surface area (TPSA) is 85.6 Å². The average Bonchev–Trinajstić information content (AvgIpc) is 2.88. The molecule has 1 N–H and O–H groups in total. The van der Waals surface area contributed by atoms with Crippen LogP contribution in [0.25, 0.3) is 10.9 Å². The van der Waals surface area contributed by atoms with Crippen LogP contribution in [0.3, 0.4) is 0 Å². The van der Waals surface area contributed by atoms with Crippen LogP contribution in [0.4, 0.5) is 5.69 Å². The van der Waals surface area contributed by atoms with Gasteiger partial charge in [0.15, 0.2) is 6.61 Å². The van der Waals surface area contributed by atoms with Crippen molar-refractivity contribution < 1.29 is 9.53 Å². The molecule has 0 saturated carbocycles. The average molecular weight is 533 g/mol. The van der Waals surface area contributed by atoms with Crippen molar-refractivity contribution >= 4 is 44.6 Å². The molecule has 4 aromatic rings. The Morgan fingerprint density at radius 3 is 2.60 bits per heavy atom. The van der Waals surface area contributed by atoms with Crippen LogP contribution >= 0.6 is 15.9 Å². The van der Waals surface area contributed by atoms with Crippen molar-refractivity contribution in [3.8, 4) is 5.75 Å².